The third-order valence-corrected chi connectivity index (χ3v) is 4.40. The van der Waals surface area contributed by atoms with Crippen molar-refractivity contribution in [2.24, 2.45) is 0 Å². The Kier molecular flexibility index (Phi) is 6.08. The lowest BCUT2D eigenvalue weighted by Crippen LogP contribution is -2.50. The van der Waals surface area contributed by atoms with Gasteiger partial charge >= 0.3 is 0 Å². The fraction of sp³-hybridized carbons (Fsp3) is 0.556. The normalized spacial score (nSPS) is 20.3. The number of ether oxygens (including phenoxy) is 3. The molecule has 3 rings (SSSR count). The van der Waals surface area contributed by atoms with Crippen molar-refractivity contribution in [3.8, 4) is 0 Å². The van der Waals surface area contributed by atoms with Crippen molar-refractivity contribution in [1.82, 2.24) is 10.5 Å². The van der Waals surface area contributed by atoms with Crippen molar-refractivity contribution in [3.63, 3.8) is 0 Å². The molecule has 1 saturated heterocycles. The van der Waals surface area contributed by atoms with Crippen LogP contribution in [0.2, 0.25) is 0 Å². The maximum absolute atomic E-state index is 12.4. The summed E-state index contributed by atoms with van der Waals surface area (Å²) in [5.74, 6) is 1.29. The van der Waals surface area contributed by atoms with Gasteiger partial charge in [-0.2, -0.15) is 0 Å². The average Bonchev–Trinajstić information content (AvgIpc) is 3.22. The van der Waals surface area contributed by atoms with E-state index in [0.717, 1.165) is 17.0 Å². The van der Waals surface area contributed by atoms with Crippen LogP contribution in [0.5, 0.6) is 0 Å². The van der Waals surface area contributed by atoms with Gasteiger partial charge in [-0.3, -0.25) is 4.79 Å². The van der Waals surface area contributed by atoms with E-state index >= 15 is 0 Å². The highest BCUT2D eigenvalue weighted by molar-refractivity contribution is 5.91. The molecule has 0 radical (unpaired) electrons. The molecular formula is C18H24N2O6. The highest BCUT2D eigenvalue weighted by Gasteiger charge is 2.29. The number of hydrogen-bond acceptors (Lipinski definition) is 7. The van der Waals surface area contributed by atoms with Crippen LogP contribution in [-0.4, -0.2) is 43.5 Å². The van der Waals surface area contributed by atoms with Crippen LogP contribution in [0, 0.1) is 13.8 Å². The van der Waals surface area contributed by atoms with Crippen LogP contribution < -0.4 is 5.32 Å². The minimum Gasteiger partial charge on any atom is -0.453 e. The van der Waals surface area contributed by atoms with E-state index in [-0.39, 0.29) is 23.8 Å². The Morgan fingerprint density at radius 3 is 2.92 bits per heavy atom. The molecule has 1 aliphatic rings. The van der Waals surface area contributed by atoms with Gasteiger partial charge in [0.05, 0.1) is 31.1 Å². The Balaban J connectivity index is 1.60. The summed E-state index contributed by atoms with van der Waals surface area (Å²) in [7, 11) is 1.57. The number of amides is 1. The molecule has 2 atom stereocenters. The number of furan rings is 1. The van der Waals surface area contributed by atoms with Crippen LogP contribution in [0.1, 0.15) is 39.8 Å². The van der Waals surface area contributed by atoms with Crippen LogP contribution in [-0.2, 0) is 27.4 Å². The van der Waals surface area contributed by atoms with Gasteiger partial charge in [0, 0.05) is 19.3 Å². The summed E-state index contributed by atoms with van der Waals surface area (Å²) in [4.78, 5) is 12.4. The third kappa shape index (κ3) is 4.32. The molecule has 2 aromatic heterocycles. The lowest BCUT2D eigenvalue weighted by Gasteiger charge is -2.31. The standard InChI is InChI=1S/C18H24N2O6/c1-11-14(12(2)26-20-11)9-24-16-6-7-23-10-15(16)19-18(21)17-5-4-13(25-17)8-22-3/h4-5,15-16H,6-10H2,1-3H3,(H,19,21)/t15-,16+/m1/s1. The summed E-state index contributed by atoms with van der Waals surface area (Å²) in [5, 5.41) is 6.87. The largest absolute Gasteiger partial charge is 0.453 e. The summed E-state index contributed by atoms with van der Waals surface area (Å²) >= 11 is 0. The zero-order valence-corrected chi connectivity index (χ0v) is 15.2. The topological polar surface area (TPSA) is 96.0 Å². The first-order chi connectivity index (χ1) is 12.6. The fourth-order valence-electron chi connectivity index (χ4n) is 2.91. The number of methoxy groups -OCH3 is 1. The fourth-order valence-corrected chi connectivity index (χ4v) is 2.91. The third-order valence-electron chi connectivity index (χ3n) is 4.40. The molecule has 0 spiro atoms. The molecule has 8 nitrogen and oxygen atoms in total. The number of nitrogens with one attached hydrogen (secondary N) is 1. The van der Waals surface area contributed by atoms with Crippen LogP contribution in [0.25, 0.3) is 0 Å². The van der Waals surface area contributed by atoms with E-state index in [1.165, 1.54) is 0 Å². The molecule has 0 aromatic carbocycles. The molecule has 0 aliphatic carbocycles. The van der Waals surface area contributed by atoms with Gasteiger partial charge in [0.1, 0.15) is 18.1 Å². The Morgan fingerprint density at radius 1 is 1.35 bits per heavy atom. The van der Waals surface area contributed by atoms with Crippen molar-refractivity contribution in [2.75, 3.05) is 20.3 Å². The zero-order chi connectivity index (χ0) is 18.5. The van der Waals surface area contributed by atoms with Gasteiger partial charge in [-0.25, -0.2) is 0 Å². The molecule has 1 amide bonds. The molecule has 2 aromatic rings. The second-order valence-corrected chi connectivity index (χ2v) is 6.29. The lowest BCUT2D eigenvalue weighted by molar-refractivity contribution is -0.0609. The maximum Gasteiger partial charge on any atom is 0.287 e. The molecule has 3 heterocycles. The van der Waals surface area contributed by atoms with E-state index in [2.05, 4.69) is 10.5 Å². The Bertz CT molecular complexity index is 718. The molecule has 0 unspecified atom stereocenters. The highest BCUT2D eigenvalue weighted by atomic mass is 16.5. The van der Waals surface area contributed by atoms with Crippen LogP contribution in [0.15, 0.2) is 21.1 Å². The summed E-state index contributed by atoms with van der Waals surface area (Å²) in [5.41, 5.74) is 1.76. The molecule has 8 heteroatoms. The van der Waals surface area contributed by atoms with Gasteiger partial charge in [-0.05, 0) is 32.4 Å². The average molecular weight is 364 g/mol. The first-order valence-electron chi connectivity index (χ1n) is 8.58. The molecule has 1 N–H and O–H groups in total. The van der Waals surface area contributed by atoms with Crippen molar-refractivity contribution < 1.29 is 27.9 Å². The zero-order valence-electron chi connectivity index (χ0n) is 15.2. The van der Waals surface area contributed by atoms with E-state index in [1.807, 2.05) is 13.8 Å². The molecular weight excluding hydrogens is 340 g/mol. The quantitative estimate of drug-likeness (QED) is 0.804. The first-order valence-corrected chi connectivity index (χ1v) is 8.58. The predicted octanol–water partition coefficient (Wildman–Crippen LogP) is 2.13. The van der Waals surface area contributed by atoms with E-state index in [4.69, 9.17) is 23.2 Å². The first kappa shape index (κ1) is 18.6. The van der Waals surface area contributed by atoms with E-state index in [9.17, 15) is 4.79 Å². The number of nitrogens with zero attached hydrogens (tertiary/aromatic N) is 1. The van der Waals surface area contributed by atoms with Crippen molar-refractivity contribution >= 4 is 5.91 Å². The second kappa shape index (κ2) is 8.48. The van der Waals surface area contributed by atoms with E-state index in [1.54, 1.807) is 19.2 Å². The van der Waals surface area contributed by atoms with Gasteiger partial charge in [-0.1, -0.05) is 5.16 Å². The summed E-state index contributed by atoms with van der Waals surface area (Å²) in [6.07, 6.45) is 0.538. The second-order valence-electron chi connectivity index (χ2n) is 6.29. The molecule has 142 valence electrons. The van der Waals surface area contributed by atoms with Crippen LogP contribution in [0.4, 0.5) is 0 Å². The predicted molar refractivity (Wildman–Crippen MR) is 90.7 cm³/mol. The van der Waals surface area contributed by atoms with Gasteiger partial charge in [0.15, 0.2) is 5.76 Å². The minimum absolute atomic E-state index is 0.158. The number of carbonyl (C=O) groups excluding carboxylic acids is 1. The van der Waals surface area contributed by atoms with Gasteiger partial charge in [-0.15, -0.1) is 0 Å². The minimum atomic E-state index is -0.297. The number of hydrogen-bond donors (Lipinski definition) is 1. The summed E-state index contributed by atoms with van der Waals surface area (Å²) in [6, 6.07) is 3.10. The van der Waals surface area contributed by atoms with Crippen LogP contribution in [0.3, 0.4) is 0 Å². The Morgan fingerprint density at radius 2 is 2.19 bits per heavy atom. The number of rotatable bonds is 7. The Labute approximate surface area is 151 Å². The molecule has 1 fully saturated rings. The molecule has 1 aliphatic heterocycles. The molecule has 0 saturated carbocycles. The SMILES string of the molecule is COCc1ccc(C(=O)N[C@@H]2COCC[C@@H]2OCc2c(C)noc2C)o1. The van der Waals surface area contributed by atoms with Gasteiger partial charge in [0.2, 0.25) is 0 Å². The van der Waals surface area contributed by atoms with Crippen LogP contribution >= 0.6 is 0 Å². The van der Waals surface area contributed by atoms with E-state index in [0.29, 0.717) is 38.6 Å². The monoisotopic (exact) mass is 364 g/mol. The van der Waals surface area contributed by atoms with Crippen molar-refractivity contribution in [1.29, 1.82) is 0 Å². The molecule has 26 heavy (non-hydrogen) atoms. The highest BCUT2D eigenvalue weighted by Crippen LogP contribution is 2.19. The summed E-state index contributed by atoms with van der Waals surface area (Å²) in [6.45, 7) is 5.43. The van der Waals surface area contributed by atoms with Gasteiger partial charge in [0.25, 0.3) is 5.91 Å². The molecule has 0 bridgehead atoms. The van der Waals surface area contributed by atoms with Crippen molar-refractivity contribution in [3.05, 3.63) is 40.7 Å². The maximum atomic E-state index is 12.4. The summed E-state index contributed by atoms with van der Waals surface area (Å²) < 4.78 is 27.2. The number of carbonyl (C=O) groups is 1. The smallest absolute Gasteiger partial charge is 0.287 e. The number of aromatic nitrogens is 1. The van der Waals surface area contributed by atoms with E-state index < -0.39 is 0 Å². The number of aryl methyl sites for hydroxylation is 2. The van der Waals surface area contributed by atoms with Crippen molar-refractivity contribution in [2.45, 2.75) is 45.6 Å². The van der Waals surface area contributed by atoms with Gasteiger partial charge < -0.3 is 28.5 Å². The Hall–Kier alpha value is -2.16. The lowest BCUT2D eigenvalue weighted by atomic mass is 10.1.